The first-order chi connectivity index (χ1) is 13.6. The van der Waals surface area contributed by atoms with Crippen molar-refractivity contribution in [2.24, 2.45) is 7.05 Å². The Morgan fingerprint density at radius 2 is 2.04 bits per heavy atom. The minimum atomic E-state index is -0.338. The second kappa shape index (κ2) is 6.72. The summed E-state index contributed by atoms with van der Waals surface area (Å²) in [6.07, 6.45) is 7.13. The van der Waals surface area contributed by atoms with Crippen LogP contribution in [0.15, 0.2) is 28.8 Å². The highest BCUT2D eigenvalue weighted by molar-refractivity contribution is 5.94. The fraction of sp³-hybridized carbons (Fsp3) is 0.476. The minimum Gasteiger partial charge on any atom is -0.440 e. The predicted molar refractivity (Wildman–Crippen MR) is 102 cm³/mol. The molecule has 5 rings (SSSR count). The molecule has 1 amide bonds. The maximum absolute atomic E-state index is 13.4. The molecule has 2 aliphatic rings. The molecule has 3 aromatic rings. The molecule has 1 aromatic carbocycles. The number of hydrogen-bond donors (Lipinski definition) is 0. The zero-order valence-electron chi connectivity index (χ0n) is 15.9. The van der Waals surface area contributed by atoms with Crippen LogP contribution in [0, 0.1) is 5.82 Å². The third-order valence-corrected chi connectivity index (χ3v) is 6.14. The fourth-order valence-corrected chi connectivity index (χ4v) is 4.34. The van der Waals surface area contributed by atoms with E-state index in [1.807, 2.05) is 18.1 Å². The first kappa shape index (κ1) is 17.4. The summed E-state index contributed by atoms with van der Waals surface area (Å²) in [6.45, 7) is 1.28. The van der Waals surface area contributed by atoms with Gasteiger partial charge in [0.25, 0.3) is 5.91 Å². The second-order valence-corrected chi connectivity index (χ2v) is 7.95. The number of likely N-dealkylation sites (tertiary alicyclic amines) is 1. The van der Waals surface area contributed by atoms with Crippen molar-refractivity contribution in [2.75, 3.05) is 13.1 Å². The molecule has 1 atom stereocenters. The van der Waals surface area contributed by atoms with E-state index in [1.165, 1.54) is 18.6 Å². The van der Waals surface area contributed by atoms with Crippen molar-refractivity contribution in [2.45, 2.75) is 43.9 Å². The number of carbonyl (C=O) groups excluding carboxylic acids is 1. The molecule has 2 fully saturated rings. The monoisotopic (exact) mass is 382 g/mol. The van der Waals surface area contributed by atoms with Crippen LogP contribution in [0.4, 0.5) is 4.39 Å². The number of halogens is 1. The van der Waals surface area contributed by atoms with Crippen LogP contribution in [0.1, 0.15) is 65.9 Å². The SMILES string of the molecule is Cn1ncc(C2CCC2)c1C(=O)N1CCCC(c2nc3ccc(F)cc3o2)C1. The number of rotatable bonds is 3. The lowest BCUT2D eigenvalue weighted by Crippen LogP contribution is -2.40. The fourth-order valence-electron chi connectivity index (χ4n) is 4.34. The van der Waals surface area contributed by atoms with Crippen molar-refractivity contribution in [3.8, 4) is 0 Å². The molecule has 6 nitrogen and oxygen atoms in total. The number of amides is 1. The molecule has 28 heavy (non-hydrogen) atoms. The molecule has 1 saturated carbocycles. The van der Waals surface area contributed by atoms with E-state index in [-0.39, 0.29) is 17.6 Å². The predicted octanol–water partition coefficient (Wildman–Crippen LogP) is 3.99. The second-order valence-electron chi connectivity index (χ2n) is 7.95. The summed E-state index contributed by atoms with van der Waals surface area (Å²) in [5.74, 6) is 0.764. The number of oxazole rings is 1. The Bertz CT molecular complexity index is 1040. The van der Waals surface area contributed by atoms with E-state index in [2.05, 4.69) is 10.1 Å². The molecule has 146 valence electrons. The molecule has 1 unspecified atom stereocenters. The summed E-state index contributed by atoms with van der Waals surface area (Å²) < 4.78 is 21.0. The van der Waals surface area contributed by atoms with Crippen LogP contribution in [-0.4, -0.2) is 38.7 Å². The van der Waals surface area contributed by atoms with Crippen LogP contribution in [0.2, 0.25) is 0 Å². The van der Waals surface area contributed by atoms with Gasteiger partial charge in [-0.25, -0.2) is 9.37 Å². The van der Waals surface area contributed by atoms with E-state index in [1.54, 1.807) is 10.7 Å². The zero-order chi connectivity index (χ0) is 19.3. The van der Waals surface area contributed by atoms with Crippen LogP contribution in [0.3, 0.4) is 0 Å². The van der Waals surface area contributed by atoms with Gasteiger partial charge in [0.15, 0.2) is 11.5 Å². The molecule has 0 bridgehead atoms. The summed E-state index contributed by atoms with van der Waals surface area (Å²) in [5.41, 5.74) is 2.90. The normalized spacial score (nSPS) is 20.5. The van der Waals surface area contributed by atoms with Crippen LogP contribution in [-0.2, 0) is 7.05 Å². The Morgan fingerprint density at radius 1 is 1.21 bits per heavy atom. The van der Waals surface area contributed by atoms with E-state index < -0.39 is 0 Å². The van der Waals surface area contributed by atoms with Crippen LogP contribution >= 0.6 is 0 Å². The maximum atomic E-state index is 13.4. The summed E-state index contributed by atoms with van der Waals surface area (Å²) in [5, 5.41) is 4.35. The van der Waals surface area contributed by atoms with Gasteiger partial charge in [-0.3, -0.25) is 9.48 Å². The van der Waals surface area contributed by atoms with Crippen molar-refractivity contribution in [3.05, 3.63) is 47.4 Å². The average Bonchev–Trinajstić information content (AvgIpc) is 3.23. The van der Waals surface area contributed by atoms with Crippen molar-refractivity contribution < 1.29 is 13.6 Å². The van der Waals surface area contributed by atoms with Crippen molar-refractivity contribution >= 4 is 17.0 Å². The number of nitrogens with zero attached hydrogens (tertiary/aromatic N) is 4. The molecule has 0 spiro atoms. The number of fused-ring (bicyclic) bond motifs is 1. The molecule has 7 heteroatoms. The molecule has 1 aliphatic carbocycles. The van der Waals surface area contributed by atoms with Gasteiger partial charge in [0.1, 0.15) is 17.0 Å². The Morgan fingerprint density at radius 3 is 2.82 bits per heavy atom. The summed E-state index contributed by atoms with van der Waals surface area (Å²) in [7, 11) is 1.84. The van der Waals surface area contributed by atoms with Gasteiger partial charge in [-0.15, -0.1) is 0 Å². The molecule has 1 aliphatic heterocycles. The Kier molecular flexibility index (Phi) is 4.18. The van der Waals surface area contributed by atoms with E-state index in [0.29, 0.717) is 35.1 Å². The van der Waals surface area contributed by atoms with Gasteiger partial charge >= 0.3 is 0 Å². The van der Waals surface area contributed by atoms with Crippen molar-refractivity contribution in [1.29, 1.82) is 0 Å². The molecule has 3 heterocycles. The number of carbonyl (C=O) groups is 1. The Hall–Kier alpha value is -2.70. The molecule has 0 N–H and O–H groups in total. The first-order valence-corrected chi connectivity index (χ1v) is 9.97. The topological polar surface area (TPSA) is 64.2 Å². The van der Waals surface area contributed by atoms with Gasteiger partial charge in [0, 0.05) is 31.8 Å². The molecular formula is C21H23FN4O2. The van der Waals surface area contributed by atoms with E-state index >= 15 is 0 Å². The summed E-state index contributed by atoms with van der Waals surface area (Å²) >= 11 is 0. The average molecular weight is 382 g/mol. The highest BCUT2D eigenvalue weighted by Gasteiger charge is 2.33. The quantitative estimate of drug-likeness (QED) is 0.687. The largest absolute Gasteiger partial charge is 0.440 e. The van der Waals surface area contributed by atoms with Crippen LogP contribution < -0.4 is 0 Å². The molecule has 1 saturated heterocycles. The molecular weight excluding hydrogens is 359 g/mol. The third-order valence-electron chi connectivity index (χ3n) is 6.14. The van der Waals surface area contributed by atoms with Gasteiger partial charge in [-0.05, 0) is 43.7 Å². The number of piperidine rings is 1. The maximum Gasteiger partial charge on any atom is 0.272 e. The van der Waals surface area contributed by atoms with Crippen molar-refractivity contribution in [3.63, 3.8) is 0 Å². The summed E-state index contributed by atoms with van der Waals surface area (Å²) in [4.78, 5) is 19.7. The number of aromatic nitrogens is 3. The van der Waals surface area contributed by atoms with E-state index in [9.17, 15) is 9.18 Å². The van der Waals surface area contributed by atoms with Crippen LogP contribution in [0.5, 0.6) is 0 Å². The number of aryl methyl sites for hydroxylation is 1. The number of hydrogen-bond acceptors (Lipinski definition) is 4. The third kappa shape index (κ3) is 2.89. The molecule has 2 aromatic heterocycles. The van der Waals surface area contributed by atoms with E-state index in [0.717, 1.165) is 37.8 Å². The van der Waals surface area contributed by atoms with Crippen molar-refractivity contribution in [1.82, 2.24) is 19.7 Å². The van der Waals surface area contributed by atoms with Gasteiger partial charge < -0.3 is 9.32 Å². The Labute approximate surface area is 162 Å². The lowest BCUT2D eigenvalue weighted by Gasteiger charge is -2.32. The highest BCUT2D eigenvalue weighted by Crippen LogP contribution is 2.38. The highest BCUT2D eigenvalue weighted by atomic mass is 19.1. The Balaban J connectivity index is 1.39. The van der Waals surface area contributed by atoms with Gasteiger partial charge in [0.2, 0.25) is 0 Å². The summed E-state index contributed by atoms with van der Waals surface area (Å²) in [6, 6.07) is 4.37. The minimum absolute atomic E-state index is 0.0218. The number of benzene rings is 1. The zero-order valence-corrected chi connectivity index (χ0v) is 15.9. The van der Waals surface area contributed by atoms with Gasteiger partial charge in [0.05, 0.1) is 12.1 Å². The standard InChI is InChI=1S/C21H23FN4O2/c1-25-19(16(11-23-25)13-4-2-5-13)21(27)26-9-3-6-14(12-26)20-24-17-8-7-15(22)10-18(17)28-20/h7-8,10-11,13-14H,2-6,9,12H2,1H3. The lowest BCUT2D eigenvalue weighted by molar-refractivity contribution is 0.0685. The van der Waals surface area contributed by atoms with Gasteiger partial charge in [-0.1, -0.05) is 6.42 Å². The molecule has 0 radical (unpaired) electrons. The van der Waals surface area contributed by atoms with Gasteiger partial charge in [-0.2, -0.15) is 5.10 Å². The van der Waals surface area contributed by atoms with E-state index in [4.69, 9.17) is 4.42 Å². The smallest absolute Gasteiger partial charge is 0.272 e. The first-order valence-electron chi connectivity index (χ1n) is 9.97. The van der Waals surface area contributed by atoms with Crippen LogP contribution in [0.25, 0.3) is 11.1 Å². The lowest BCUT2D eigenvalue weighted by atomic mass is 9.80.